The van der Waals surface area contributed by atoms with Gasteiger partial charge >= 0.3 is 0 Å². The van der Waals surface area contributed by atoms with Gasteiger partial charge in [-0.2, -0.15) is 26.4 Å². The molecule has 1 aliphatic carbocycles. The molecule has 0 amide bonds. The van der Waals surface area contributed by atoms with Crippen LogP contribution in [0.3, 0.4) is 0 Å². The Bertz CT molecular complexity index is 616. The van der Waals surface area contributed by atoms with E-state index in [0.717, 1.165) is 30.1 Å². The first-order chi connectivity index (χ1) is 9.62. The van der Waals surface area contributed by atoms with Crippen molar-refractivity contribution < 1.29 is 5.11 Å². The standard InChI is InChI=1S/C13H19N5OS/c1-3-20-10-4-5-13(10,19)7-14-11-6-9(2)17-12-15-8-16-18(11)12/h6,8,10,14,19H,3-5,7H2,1-2H3. The Kier molecular flexibility index (Phi) is 3.55. The van der Waals surface area contributed by atoms with Gasteiger partial charge in [0.1, 0.15) is 12.1 Å². The van der Waals surface area contributed by atoms with Crippen LogP contribution in [-0.2, 0) is 0 Å². The third-order valence-corrected chi connectivity index (χ3v) is 5.17. The van der Waals surface area contributed by atoms with Crippen molar-refractivity contribution in [3.8, 4) is 0 Å². The van der Waals surface area contributed by atoms with Crippen LogP contribution in [0.5, 0.6) is 0 Å². The maximum absolute atomic E-state index is 10.6. The molecule has 2 unspecified atom stereocenters. The molecule has 0 radical (unpaired) electrons. The lowest BCUT2D eigenvalue weighted by Crippen LogP contribution is -2.54. The minimum Gasteiger partial charge on any atom is -0.387 e. The van der Waals surface area contributed by atoms with Crippen LogP contribution in [-0.4, -0.2) is 47.8 Å². The highest BCUT2D eigenvalue weighted by Gasteiger charge is 2.45. The SMILES string of the molecule is CCSC1CCC1(O)CNc1cc(C)nc2ncnn12. The van der Waals surface area contributed by atoms with Crippen molar-refractivity contribution in [3.63, 3.8) is 0 Å². The third kappa shape index (κ3) is 2.35. The Hall–Kier alpha value is -1.34. The lowest BCUT2D eigenvalue weighted by atomic mass is 9.79. The molecule has 0 aliphatic heterocycles. The number of rotatable bonds is 5. The second-order valence-corrected chi connectivity index (χ2v) is 6.67. The molecule has 0 bridgehead atoms. The fraction of sp³-hybridized carbons (Fsp3) is 0.615. The van der Waals surface area contributed by atoms with Crippen LogP contribution in [0, 0.1) is 6.92 Å². The van der Waals surface area contributed by atoms with E-state index in [4.69, 9.17) is 0 Å². The topological polar surface area (TPSA) is 75.3 Å². The van der Waals surface area contributed by atoms with Crippen LogP contribution in [0.2, 0.25) is 0 Å². The Labute approximate surface area is 122 Å². The molecule has 6 nitrogen and oxygen atoms in total. The quantitative estimate of drug-likeness (QED) is 0.870. The number of hydrogen-bond acceptors (Lipinski definition) is 6. The van der Waals surface area contributed by atoms with Crippen LogP contribution >= 0.6 is 11.8 Å². The molecule has 0 saturated heterocycles. The highest BCUT2D eigenvalue weighted by molar-refractivity contribution is 8.00. The van der Waals surface area contributed by atoms with Crippen molar-refractivity contribution >= 4 is 23.4 Å². The lowest BCUT2D eigenvalue weighted by Gasteiger charge is -2.45. The smallest absolute Gasteiger partial charge is 0.254 e. The van der Waals surface area contributed by atoms with Gasteiger partial charge in [0.2, 0.25) is 0 Å². The number of aryl methyl sites for hydroxylation is 1. The first-order valence-corrected chi connectivity index (χ1v) is 7.92. The number of nitrogens with one attached hydrogen (secondary N) is 1. The van der Waals surface area contributed by atoms with Crippen LogP contribution in [0.15, 0.2) is 12.4 Å². The van der Waals surface area contributed by atoms with Crippen LogP contribution in [0.4, 0.5) is 5.82 Å². The van der Waals surface area contributed by atoms with E-state index in [9.17, 15) is 5.11 Å². The highest BCUT2D eigenvalue weighted by atomic mass is 32.2. The number of hydrogen-bond donors (Lipinski definition) is 2. The van der Waals surface area contributed by atoms with Crippen LogP contribution in [0.25, 0.3) is 5.78 Å². The summed E-state index contributed by atoms with van der Waals surface area (Å²) in [5.74, 6) is 2.44. The fourth-order valence-electron chi connectivity index (χ4n) is 2.54. The molecule has 20 heavy (non-hydrogen) atoms. The summed E-state index contributed by atoms with van der Waals surface area (Å²) in [5.41, 5.74) is 0.262. The van der Waals surface area contributed by atoms with Gasteiger partial charge in [-0.3, -0.25) is 0 Å². The Morgan fingerprint density at radius 1 is 1.60 bits per heavy atom. The molecule has 0 aromatic carbocycles. The van der Waals surface area contributed by atoms with Gasteiger partial charge in [-0.05, 0) is 25.5 Å². The summed E-state index contributed by atoms with van der Waals surface area (Å²) in [6, 6.07) is 1.92. The van der Waals surface area contributed by atoms with E-state index in [1.54, 1.807) is 4.52 Å². The fourth-order valence-corrected chi connectivity index (χ4v) is 3.74. The molecule has 1 saturated carbocycles. The molecular weight excluding hydrogens is 274 g/mol. The summed E-state index contributed by atoms with van der Waals surface area (Å²) in [5, 5.41) is 18.4. The number of fused-ring (bicyclic) bond motifs is 1. The van der Waals surface area contributed by atoms with Gasteiger partial charge in [0, 0.05) is 23.6 Å². The minimum atomic E-state index is -0.620. The van der Waals surface area contributed by atoms with Gasteiger partial charge in [0.05, 0.1) is 5.60 Å². The molecule has 108 valence electrons. The molecular formula is C13H19N5OS. The zero-order valence-electron chi connectivity index (χ0n) is 11.7. The molecule has 2 atom stereocenters. The molecule has 2 heterocycles. The summed E-state index contributed by atoms with van der Waals surface area (Å²) in [4.78, 5) is 8.40. The van der Waals surface area contributed by atoms with E-state index in [1.807, 2.05) is 24.8 Å². The van der Waals surface area contributed by atoms with Crippen LogP contribution < -0.4 is 5.32 Å². The number of thioether (sulfide) groups is 1. The number of aromatic nitrogens is 4. The van der Waals surface area contributed by atoms with Crippen molar-refractivity contribution in [3.05, 3.63) is 18.1 Å². The summed E-state index contributed by atoms with van der Waals surface area (Å²) >= 11 is 1.83. The van der Waals surface area contributed by atoms with Crippen molar-refractivity contribution in [2.45, 2.75) is 37.5 Å². The molecule has 0 spiro atoms. The van der Waals surface area contributed by atoms with Gasteiger partial charge in [-0.25, -0.2) is 4.98 Å². The number of anilines is 1. The van der Waals surface area contributed by atoms with E-state index in [2.05, 4.69) is 27.3 Å². The Balaban J connectivity index is 1.75. The van der Waals surface area contributed by atoms with Gasteiger partial charge in [-0.15, -0.1) is 0 Å². The Morgan fingerprint density at radius 2 is 2.45 bits per heavy atom. The van der Waals surface area contributed by atoms with E-state index in [-0.39, 0.29) is 0 Å². The molecule has 2 aromatic heterocycles. The molecule has 1 aliphatic rings. The average Bonchev–Trinajstić information content (AvgIpc) is 2.88. The van der Waals surface area contributed by atoms with Gasteiger partial charge < -0.3 is 10.4 Å². The minimum absolute atomic E-state index is 0.328. The average molecular weight is 293 g/mol. The summed E-state index contributed by atoms with van der Waals surface area (Å²) in [6.07, 6.45) is 3.42. The second-order valence-electron chi connectivity index (χ2n) is 5.19. The van der Waals surface area contributed by atoms with Gasteiger partial charge in [0.15, 0.2) is 0 Å². The zero-order chi connectivity index (χ0) is 14.2. The summed E-state index contributed by atoms with van der Waals surface area (Å²) in [7, 11) is 0. The second kappa shape index (κ2) is 5.21. The maximum atomic E-state index is 10.6. The molecule has 3 rings (SSSR count). The molecule has 2 aromatic rings. The predicted molar refractivity (Wildman–Crippen MR) is 80.1 cm³/mol. The van der Waals surface area contributed by atoms with Gasteiger partial charge in [-0.1, -0.05) is 6.92 Å². The number of nitrogens with zero attached hydrogens (tertiary/aromatic N) is 4. The van der Waals surface area contributed by atoms with Crippen molar-refractivity contribution in [2.75, 3.05) is 17.6 Å². The first kappa shape index (κ1) is 13.6. The van der Waals surface area contributed by atoms with E-state index < -0.39 is 5.60 Å². The normalized spacial score (nSPS) is 25.6. The van der Waals surface area contributed by atoms with Crippen molar-refractivity contribution in [1.29, 1.82) is 0 Å². The monoisotopic (exact) mass is 293 g/mol. The predicted octanol–water partition coefficient (Wildman–Crippen LogP) is 1.49. The largest absolute Gasteiger partial charge is 0.387 e. The molecule has 1 fully saturated rings. The van der Waals surface area contributed by atoms with E-state index in [1.165, 1.54) is 6.33 Å². The van der Waals surface area contributed by atoms with Crippen molar-refractivity contribution in [2.24, 2.45) is 0 Å². The van der Waals surface area contributed by atoms with Gasteiger partial charge in [0.25, 0.3) is 5.78 Å². The maximum Gasteiger partial charge on any atom is 0.254 e. The van der Waals surface area contributed by atoms with Crippen molar-refractivity contribution in [1.82, 2.24) is 19.6 Å². The summed E-state index contributed by atoms with van der Waals surface area (Å²) < 4.78 is 1.66. The van der Waals surface area contributed by atoms with E-state index in [0.29, 0.717) is 17.6 Å². The van der Waals surface area contributed by atoms with Crippen LogP contribution in [0.1, 0.15) is 25.5 Å². The van der Waals surface area contributed by atoms with E-state index >= 15 is 0 Å². The zero-order valence-corrected chi connectivity index (χ0v) is 12.5. The summed E-state index contributed by atoms with van der Waals surface area (Å²) in [6.45, 7) is 4.58. The molecule has 7 heteroatoms. The first-order valence-electron chi connectivity index (χ1n) is 6.87. The lowest BCUT2D eigenvalue weighted by molar-refractivity contribution is -0.0121. The Morgan fingerprint density at radius 3 is 3.15 bits per heavy atom. The number of aliphatic hydroxyl groups is 1. The highest BCUT2D eigenvalue weighted by Crippen LogP contribution is 2.41. The molecule has 2 N–H and O–H groups in total. The third-order valence-electron chi connectivity index (χ3n) is 3.76.